The molecule has 1 N–H and O–H groups in total. The van der Waals surface area contributed by atoms with Crippen LogP contribution in [0.25, 0.3) is 10.9 Å². The van der Waals surface area contributed by atoms with Crippen LogP contribution in [0.4, 0.5) is 0 Å². The van der Waals surface area contributed by atoms with Gasteiger partial charge in [-0.3, -0.25) is 24.4 Å². The lowest BCUT2D eigenvalue weighted by Gasteiger charge is -2.14. The highest BCUT2D eigenvalue weighted by Gasteiger charge is 2.16. The van der Waals surface area contributed by atoms with Crippen LogP contribution in [0.15, 0.2) is 70.4 Å². The average molecular weight is 390 g/mol. The van der Waals surface area contributed by atoms with E-state index in [1.54, 1.807) is 17.8 Å². The highest BCUT2D eigenvalue weighted by molar-refractivity contribution is 5.80. The van der Waals surface area contributed by atoms with Crippen LogP contribution in [0.2, 0.25) is 0 Å². The molecule has 1 aromatic carbocycles. The van der Waals surface area contributed by atoms with Crippen molar-refractivity contribution in [3.8, 4) is 0 Å². The van der Waals surface area contributed by atoms with E-state index >= 15 is 0 Å². The first-order valence-electron chi connectivity index (χ1n) is 9.46. The second kappa shape index (κ2) is 8.28. The Morgan fingerprint density at radius 3 is 2.59 bits per heavy atom. The number of benzene rings is 1. The number of nitrogens with one attached hydrogen (secondary N) is 1. The Morgan fingerprint density at radius 2 is 1.83 bits per heavy atom. The molecule has 0 atom stereocenters. The van der Waals surface area contributed by atoms with E-state index in [1.807, 2.05) is 48.5 Å². The number of ether oxygens (including phenoxy) is 1. The summed E-state index contributed by atoms with van der Waals surface area (Å²) < 4.78 is 8.89. The van der Waals surface area contributed by atoms with Gasteiger partial charge in [0.2, 0.25) is 0 Å². The van der Waals surface area contributed by atoms with Gasteiger partial charge in [-0.1, -0.05) is 36.4 Å². The van der Waals surface area contributed by atoms with Crippen molar-refractivity contribution in [3.05, 3.63) is 98.5 Å². The molecule has 4 rings (SSSR count). The molecule has 0 aliphatic carbocycles. The van der Waals surface area contributed by atoms with Gasteiger partial charge in [0.25, 0.3) is 11.1 Å². The van der Waals surface area contributed by atoms with Gasteiger partial charge in [-0.2, -0.15) is 0 Å². The van der Waals surface area contributed by atoms with Crippen molar-refractivity contribution in [2.24, 2.45) is 7.05 Å². The molecular weight excluding hydrogens is 368 g/mol. The molecule has 0 saturated carbocycles. The van der Waals surface area contributed by atoms with Crippen molar-refractivity contribution >= 4 is 10.9 Å². The Bertz CT molecular complexity index is 1220. The second-order valence-corrected chi connectivity index (χ2v) is 6.90. The van der Waals surface area contributed by atoms with Gasteiger partial charge in [0.1, 0.15) is 0 Å². The molecule has 0 fully saturated rings. The van der Waals surface area contributed by atoms with Crippen LogP contribution in [0, 0.1) is 0 Å². The summed E-state index contributed by atoms with van der Waals surface area (Å²) in [6.07, 6.45) is 2.32. The fourth-order valence-corrected chi connectivity index (χ4v) is 3.43. The zero-order chi connectivity index (χ0) is 20.2. The fraction of sp³-hybridized carbons (Fsp3) is 0.227. The van der Waals surface area contributed by atoms with Crippen LogP contribution < -0.4 is 11.1 Å². The van der Waals surface area contributed by atoms with Gasteiger partial charge >= 0.3 is 0 Å². The van der Waals surface area contributed by atoms with Crippen molar-refractivity contribution in [2.45, 2.75) is 26.2 Å². The number of aryl methyl sites for hydroxylation is 2. The van der Waals surface area contributed by atoms with Gasteiger partial charge in [0, 0.05) is 38.0 Å². The molecule has 7 heteroatoms. The van der Waals surface area contributed by atoms with Crippen molar-refractivity contribution < 1.29 is 4.74 Å². The zero-order valence-corrected chi connectivity index (χ0v) is 16.2. The first-order chi connectivity index (χ1) is 14.1. The lowest BCUT2D eigenvalue weighted by Crippen LogP contribution is -2.26. The number of fused-ring (bicyclic) bond motifs is 1. The topological polar surface area (TPSA) is 81.9 Å². The van der Waals surface area contributed by atoms with E-state index in [0.29, 0.717) is 36.2 Å². The van der Waals surface area contributed by atoms with E-state index < -0.39 is 0 Å². The van der Waals surface area contributed by atoms with Crippen LogP contribution >= 0.6 is 0 Å². The van der Waals surface area contributed by atoms with Gasteiger partial charge < -0.3 is 9.30 Å². The molecule has 148 valence electrons. The Hall–Kier alpha value is -3.45. The van der Waals surface area contributed by atoms with Gasteiger partial charge in [-0.15, -0.1) is 0 Å². The maximum absolute atomic E-state index is 12.8. The summed E-state index contributed by atoms with van der Waals surface area (Å²) in [4.78, 5) is 29.8. The molecule has 3 aromatic heterocycles. The minimum absolute atomic E-state index is 0.163. The summed E-state index contributed by atoms with van der Waals surface area (Å²) in [5.41, 5.74) is 2.68. The van der Waals surface area contributed by atoms with Crippen molar-refractivity contribution in [1.82, 2.24) is 19.3 Å². The SMILES string of the molecule is Cn1[nH]c2cc(=O)n(CCc3ccccn3)c(COCc3ccccc3)c2c1=O. The standard InChI is InChI=1S/C22H22N4O3/c1-25-22(28)21-18(24-25)13-20(27)26(12-10-17-9-5-6-11-23-17)19(21)15-29-14-16-7-3-2-4-8-16/h2-9,11,13,24H,10,12,14-15H2,1H3. The molecule has 0 amide bonds. The highest BCUT2D eigenvalue weighted by atomic mass is 16.5. The third-order valence-corrected chi connectivity index (χ3v) is 4.89. The van der Waals surface area contributed by atoms with Crippen LogP contribution in [0.5, 0.6) is 0 Å². The van der Waals surface area contributed by atoms with E-state index in [2.05, 4.69) is 10.1 Å². The van der Waals surface area contributed by atoms with Crippen LogP contribution in [0.3, 0.4) is 0 Å². The second-order valence-electron chi connectivity index (χ2n) is 6.90. The molecule has 29 heavy (non-hydrogen) atoms. The predicted molar refractivity (Wildman–Crippen MR) is 111 cm³/mol. The molecular formula is C22H22N4O3. The molecule has 4 aromatic rings. The smallest absolute Gasteiger partial charge is 0.275 e. The summed E-state index contributed by atoms with van der Waals surface area (Å²) in [7, 11) is 1.64. The molecule has 0 aliphatic rings. The number of rotatable bonds is 7. The van der Waals surface area contributed by atoms with Crippen LogP contribution in [-0.4, -0.2) is 19.3 Å². The molecule has 0 radical (unpaired) electrons. The Labute approximate surface area is 167 Å². The minimum Gasteiger partial charge on any atom is -0.371 e. The molecule has 0 unspecified atom stereocenters. The highest BCUT2D eigenvalue weighted by Crippen LogP contribution is 2.14. The monoisotopic (exact) mass is 390 g/mol. The average Bonchev–Trinajstić information content (AvgIpc) is 3.02. The maximum atomic E-state index is 12.8. The van der Waals surface area contributed by atoms with E-state index in [0.717, 1.165) is 11.3 Å². The van der Waals surface area contributed by atoms with Crippen LogP contribution in [-0.2, 0) is 38.0 Å². The van der Waals surface area contributed by atoms with Gasteiger partial charge in [0.05, 0.1) is 29.8 Å². The van der Waals surface area contributed by atoms with Gasteiger partial charge in [-0.05, 0) is 17.7 Å². The normalized spacial score (nSPS) is 11.2. The number of hydrogen-bond acceptors (Lipinski definition) is 4. The maximum Gasteiger partial charge on any atom is 0.275 e. The van der Waals surface area contributed by atoms with Crippen molar-refractivity contribution in [3.63, 3.8) is 0 Å². The van der Waals surface area contributed by atoms with Gasteiger partial charge in [0.15, 0.2) is 0 Å². The Morgan fingerprint density at radius 1 is 1.03 bits per heavy atom. The van der Waals surface area contributed by atoms with Gasteiger partial charge in [-0.25, -0.2) is 0 Å². The van der Waals surface area contributed by atoms with E-state index in [1.165, 1.54) is 10.7 Å². The third-order valence-electron chi connectivity index (χ3n) is 4.89. The molecule has 0 spiro atoms. The predicted octanol–water partition coefficient (Wildman–Crippen LogP) is 2.38. The zero-order valence-electron chi connectivity index (χ0n) is 16.2. The molecule has 0 bridgehead atoms. The number of pyridine rings is 2. The van der Waals surface area contributed by atoms with E-state index in [4.69, 9.17) is 4.74 Å². The van der Waals surface area contributed by atoms with E-state index in [-0.39, 0.29) is 17.7 Å². The number of aromatic amines is 1. The molecule has 0 saturated heterocycles. The number of hydrogen-bond donors (Lipinski definition) is 1. The largest absolute Gasteiger partial charge is 0.371 e. The molecule has 7 nitrogen and oxygen atoms in total. The van der Waals surface area contributed by atoms with Crippen molar-refractivity contribution in [2.75, 3.05) is 0 Å². The molecule has 0 aliphatic heterocycles. The Kier molecular flexibility index (Phi) is 5.39. The van der Waals surface area contributed by atoms with E-state index in [9.17, 15) is 9.59 Å². The Balaban J connectivity index is 1.68. The molecule has 3 heterocycles. The summed E-state index contributed by atoms with van der Waals surface area (Å²) in [5.74, 6) is 0. The quantitative estimate of drug-likeness (QED) is 0.525. The summed E-state index contributed by atoms with van der Waals surface area (Å²) in [5, 5.41) is 3.43. The third kappa shape index (κ3) is 4.05. The minimum atomic E-state index is -0.176. The summed E-state index contributed by atoms with van der Waals surface area (Å²) >= 11 is 0. The number of nitrogens with zero attached hydrogens (tertiary/aromatic N) is 3. The fourth-order valence-electron chi connectivity index (χ4n) is 3.43. The lowest BCUT2D eigenvalue weighted by molar-refractivity contribution is 0.102. The summed E-state index contributed by atoms with van der Waals surface area (Å²) in [6, 6.07) is 17.0. The number of H-pyrrole nitrogens is 1. The lowest BCUT2D eigenvalue weighted by atomic mass is 10.2. The number of aromatic nitrogens is 4. The first kappa shape index (κ1) is 18.9. The first-order valence-corrected chi connectivity index (χ1v) is 9.46. The van der Waals surface area contributed by atoms with Crippen LogP contribution in [0.1, 0.15) is 17.0 Å². The van der Waals surface area contributed by atoms with Crippen molar-refractivity contribution in [1.29, 1.82) is 0 Å². The summed E-state index contributed by atoms with van der Waals surface area (Å²) in [6.45, 7) is 0.983.